The van der Waals surface area contributed by atoms with Crippen LogP contribution in [0, 0.1) is 11.3 Å². The van der Waals surface area contributed by atoms with E-state index in [0.29, 0.717) is 33.6 Å². The van der Waals surface area contributed by atoms with E-state index in [9.17, 15) is 4.79 Å². The number of rotatable bonds is 4. The number of hydrogen-bond acceptors (Lipinski definition) is 4. The minimum Gasteiger partial charge on any atom is -0.493 e. The average Bonchev–Trinajstić information content (AvgIpc) is 2.57. The lowest BCUT2D eigenvalue weighted by Crippen LogP contribution is -2.34. The van der Waals surface area contributed by atoms with E-state index >= 15 is 0 Å². The summed E-state index contributed by atoms with van der Waals surface area (Å²) < 4.78 is 6.10. The van der Waals surface area contributed by atoms with E-state index in [1.807, 2.05) is 6.92 Å². The van der Waals surface area contributed by atoms with Crippen molar-refractivity contribution in [2.75, 3.05) is 11.9 Å². The fourth-order valence-electron chi connectivity index (χ4n) is 1.93. The molecule has 0 aromatic heterocycles. The fourth-order valence-corrected chi connectivity index (χ4v) is 2.63. The Kier molecular flexibility index (Phi) is 6.29. The van der Waals surface area contributed by atoms with Crippen molar-refractivity contribution < 1.29 is 9.53 Å². The zero-order valence-corrected chi connectivity index (χ0v) is 15.2. The molecule has 0 aliphatic heterocycles. The number of para-hydroxylation sites is 1. The highest BCUT2D eigenvalue weighted by Gasteiger charge is 2.11. The zero-order chi connectivity index (χ0) is 17.5. The number of nitrogens with one attached hydrogen (secondary N) is 2. The second kappa shape index (κ2) is 8.43. The van der Waals surface area contributed by atoms with Crippen LogP contribution in [0.4, 0.5) is 5.69 Å². The van der Waals surface area contributed by atoms with Crippen molar-refractivity contribution in [1.29, 1.82) is 5.26 Å². The standard InChI is InChI=1S/C17H14BrN3O2S/c1-2-23-15-8-7-11(9-13(15)18)16(22)21-17(24)20-14-6-4-3-5-12(14)10-19/h3-9H,2H2,1H3,(H2,20,21,22,24). The maximum Gasteiger partial charge on any atom is 0.257 e. The third-order valence-electron chi connectivity index (χ3n) is 3.02. The maximum atomic E-state index is 12.3. The SMILES string of the molecule is CCOc1ccc(C(=O)NC(=S)Nc2ccccc2C#N)cc1Br. The average molecular weight is 404 g/mol. The lowest BCUT2D eigenvalue weighted by atomic mass is 10.2. The first-order chi connectivity index (χ1) is 11.5. The Morgan fingerprint density at radius 3 is 2.75 bits per heavy atom. The number of benzene rings is 2. The van der Waals surface area contributed by atoms with Gasteiger partial charge in [-0.2, -0.15) is 5.26 Å². The summed E-state index contributed by atoms with van der Waals surface area (Å²) in [5, 5.41) is 14.6. The highest BCUT2D eigenvalue weighted by molar-refractivity contribution is 9.10. The van der Waals surface area contributed by atoms with E-state index in [4.69, 9.17) is 22.2 Å². The largest absolute Gasteiger partial charge is 0.493 e. The normalized spacial score (nSPS) is 9.71. The van der Waals surface area contributed by atoms with E-state index in [1.54, 1.807) is 42.5 Å². The van der Waals surface area contributed by atoms with E-state index in [-0.39, 0.29) is 11.0 Å². The van der Waals surface area contributed by atoms with E-state index in [1.165, 1.54) is 0 Å². The van der Waals surface area contributed by atoms with Crippen LogP contribution in [0.25, 0.3) is 0 Å². The minimum atomic E-state index is -0.356. The summed E-state index contributed by atoms with van der Waals surface area (Å²) in [6.45, 7) is 2.42. The molecule has 0 aliphatic carbocycles. The van der Waals surface area contributed by atoms with Gasteiger partial charge in [0.05, 0.1) is 22.3 Å². The summed E-state index contributed by atoms with van der Waals surface area (Å²) in [4.78, 5) is 12.3. The summed E-state index contributed by atoms with van der Waals surface area (Å²) in [5.74, 6) is 0.309. The van der Waals surface area contributed by atoms with Gasteiger partial charge in [-0.15, -0.1) is 0 Å². The number of thiocarbonyl (C=S) groups is 1. The van der Waals surface area contributed by atoms with Crippen LogP contribution in [0.3, 0.4) is 0 Å². The van der Waals surface area contributed by atoms with Gasteiger partial charge in [0.15, 0.2) is 5.11 Å². The number of nitrogens with zero attached hydrogens (tertiary/aromatic N) is 1. The molecule has 0 radical (unpaired) electrons. The van der Waals surface area contributed by atoms with Crippen LogP contribution in [0.2, 0.25) is 0 Å². The van der Waals surface area contributed by atoms with Gasteiger partial charge in [-0.1, -0.05) is 12.1 Å². The molecular weight excluding hydrogens is 390 g/mol. The van der Waals surface area contributed by atoms with E-state index < -0.39 is 0 Å². The van der Waals surface area contributed by atoms with Crippen LogP contribution in [0.15, 0.2) is 46.9 Å². The molecule has 0 unspecified atom stereocenters. The quantitative estimate of drug-likeness (QED) is 0.758. The molecule has 0 fully saturated rings. The Morgan fingerprint density at radius 1 is 1.33 bits per heavy atom. The third-order valence-corrected chi connectivity index (χ3v) is 3.84. The predicted octanol–water partition coefficient (Wildman–Crippen LogP) is 3.85. The van der Waals surface area contributed by atoms with E-state index in [0.717, 1.165) is 0 Å². The smallest absolute Gasteiger partial charge is 0.257 e. The van der Waals surface area contributed by atoms with Gasteiger partial charge in [-0.05, 0) is 65.4 Å². The molecule has 0 spiro atoms. The van der Waals surface area contributed by atoms with Crippen LogP contribution < -0.4 is 15.4 Å². The topological polar surface area (TPSA) is 74.2 Å². The number of hydrogen-bond donors (Lipinski definition) is 2. The Hall–Kier alpha value is -2.43. The number of halogens is 1. The molecule has 2 rings (SSSR count). The molecule has 2 aromatic rings. The summed E-state index contributed by atoms with van der Waals surface area (Å²) in [6, 6.07) is 14.0. The zero-order valence-electron chi connectivity index (χ0n) is 12.8. The van der Waals surface area contributed by atoms with E-state index in [2.05, 4.69) is 32.6 Å². The molecule has 122 valence electrons. The van der Waals surface area contributed by atoms with Gasteiger partial charge >= 0.3 is 0 Å². The summed E-state index contributed by atoms with van der Waals surface area (Å²) in [6.07, 6.45) is 0. The molecule has 0 saturated carbocycles. The number of anilines is 1. The maximum absolute atomic E-state index is 12.3. The van der Waals surface area contributed by atoms with Gasteiger partial charge in [-0.25, -0.2) is 0 Å². The van der Waals surface area contributed by atoms with Crippen LogP contribution in [0.1, 0.15) is 22.8 Å². The summed E-state index contributed by atoms with van der Waals surface area (Å²) in [7, 11) is 0. The number of carbonyl (C=O) groups excluding carboxylic acids is 1. The van der Waals surface area contributed by atoms with Crippen molar-refractivity contribution in [3.8, 4) is 11.8 Å². The number of ether oxygens (including phenoxy) is 1. The van der Waals surface area contributed by atoms with Crippen LogP contribution >= 0.6 is 28.1 Å². The molecule has 2 aromatic carbocycles. The van der Waals surface area contributed by atoms with Crippen LogP contribution in [-0.4, -0.2) is 17.6 Å². The molecule has 24 heavy (non-hydrogen) atoms. The molecule has 1 amide bonds. The first-order valence-corrected chi connectivity index (χ1v) is 8.29. The van der Waals surface area contributed by atoms with Gasteiger partial charge in [0, 0.05) is 5.56 Å². The number of amides is 1. The Labute approximate surface area is 153 Å². The minimum absolute atomic E-state index is 0.118. The Bertz CT molecular complexity index is 818. The Balaban J connectivity index is 2.05. The molecule has 0 atom stereocenters. The fraction of sp³-hybridized carbons (Fsp3) is 0.118. The first-order valence-electron chi connectivity index (χ1n) is 7.09. The van der Waals surface area contributed by atoms with Crippen molar-refractivity contribution >= 4 is 44.9 Å². The molecule has 0 saturated heterocycles. The molecule has 0 heterocycles. The molecular formula is C17H14BrN3O2S. The van der Waals surface area contributed by atoms with Crippen LogP contribution in [-0.2, 0) is 0 Å². The van der Waals surface area contributed by atoms with Crippen LogP contribution in [0.5, 0.6) is 5.75 Å². The van der Waals surface area contributed by atoms with Gasteiger partial charge in [0.2, 0.25) is 0 Å². The lowest BCUT2D eigenvalue weighted by molar-refractivity contribution is 0.0977. The first kappa shape index (κ1) is 17.9. The molecule has 0 aliphatic rings. The van der Waals surface area contributed by atoms with Gasteiger partial charge < -0.3 is 10.1 Å². The van der Waals surface area contributed by atoms with Crippen molar-refractivity contribution in [2.24, 2.45) is 0 Å². The molecule has 5 nitrogen and oxygen atoms in total. The van der Waals surface area contributed by atoms with Gasteiger partial charge in [0.1, 0.15) is 11.8 Å². The van der Waals surface area contributed by atoms with Crippen molar-refractivity contribution in [2.45, 2.75) is 6.92 Å². The Morgan fingerprint density at radius 2 is 2.08 bits per heavy atom. The second-order valence-electron chi connectivity index (χ2n) is 4.64. The summed E-state index contributed by atoms with van der Waals surface area (Å²) >= 11 is 8.50. The van der Waals surface area contributed by atoms with Crippen molar-refractivity contribution in [3.63, 3.8) is 0 Å². The molecule has 7 heteroatoms. The number of carbonyl (C=O) groups is 1. The number of nitriles is 1. The monoisotopic (exact) mass is 403 g/mol. The predicted molar refractivity (Wildman–Crippen MR) is 100 cm³/mol. The highest BCUT2D eigenvalue weighted by Crippen LogP contribution is 2.26. The van der Waals surface area contributed by atoms with Gasteiger partial charge in [0.25, 0.3) is 5.91 Å². The lowest BCUT2D eigenvalue weighted by Gasteiger charge is -2.11. The molecule has 0 bridgehead atoms. The van der Waals surface area contributed by atoms with Crippen molar-refractivity contribution in [3.05, 3.63) is 58.1 Å². The third kappa shape index (κ3) is 4.54. The van der Waals surface area contributed by atoms with Gasteiger partial charge in [-0.3, -0.25) is 10.1 Å². The summed E-state index contributed by atoms with van der Waals surface area (Å²) in [5.41, 5.74) is 1.42. The molecule has 2 N–H and O–H groups in total. The highest BCUT2D eigenvalue weighted by atomic mass is 79.9. The second-order valence-corrected chi connectivity index (χ2v) is 5.91. The van der Waals surface area contributed by atoms with Crippen molar-refractivity contribution in [1.82, 2.24) is 5.32 Å².